The zero-order valence-electron chi connectivity index (χ0n) is 19.3. The average molecular weight is 385 g/mol. The third-order valence-electron chi connectivity index (χ3n) is 7.53. The van der Waals surface area contributed by atoms with Crippen LogP contribution >= 0.6 is 0 Å². The zero-order chi connectivity index (χ0) is 21.0. The highest BCUT2D eigenvalue weighted by atomic mass is 14.4. The van der Waals surface area contributed by atoms with E-state index in [1.165, 1.54) is 40.7 Å². The summed E-state index contributed by atoms with van der Waals surface area (Å²) in [7, 11) is 0. The molecule has 0 saturated carbocycles. The van der Waals surface area contributed by atoms with E-state index < -0.39 is 0 Å². The summed E-state index contributed by atoms with van der Waals surface area (Å²) in [5.74, 6) is 0.477. The maximum Gasteiger partial charge on any atom is 0.0152 e. The minimum absolute atomic E-state index is 0.0518. The van der Waals surface area contributed by atoms with Gasteiger partial charge in [0.2, 0.25) is 0 Å². The van der Waals surface area contributed by atoms with Gasteiger partial charge in [0.1, 0.15) is 0 Å². The molecule has 4 rings (SSSR count). The molecule has 0 aliphatic heterocycles. The third kappa shape index (κ3) is 3.41. The van der Waals surface area contributed by atoms with Crippen molar-refractivity contribution in [2.45, 2.75) is 77.6 Å². The summed E-state index contributed by atoms with van der Waals surface area (Å²) in [6, 6.07) is 14.1. The highest BCUT2D eigenvalue weighted by molar-refractivity contribution is 5.72. The van der Waals surface area contributed by atoms with Crippen LogP contribution in [0, 0.1) is 5.92 Å². The number of rotatable bonds is 2. The van der Waals surface area contributed by atoms with Gasteiger partial charge in [0.15, 0.2) is 0 Å². The van der Waals surface area contributed by atoms with Crippen molar-refractivity contribution in [1.82, 2.24) is 0 Å². The van der Waals surface area contributed by atoms with Gasteiger partial charge in [0, 0.05) is 5.41 Å². The first-order chi connectivity index (χ1) is 13.5. The lowest BCUT2D eigenvalue weighted by atomic mass is 9.62. The quantitative estimate of drug-likeness (QED) is 0.491. The molecule has 2 aliphatic carbocycles. The van der Waals surface area contributed by atoms with Crippen molar-refractivity contribution < 1.29 is 0 Å². The molecule has 0 spiro atoms. The first-order valence-corrected chi connectivity index (χ1v) is 11.2. The van der Waals surface area contributed by atoms with Crippen LogP contribution in [0.4, 0.5) is 0 Å². The van der Waals surface area contributed by atoms with Crippen LogP contribution in [0.15, 0.2) is 48.6 Å². The molecule has 0 N–H and O–H groups in total. The van der Waals surface area contributed by atoms with Gasteiger partial charge < -0.3 is 0 Å². The van der Waals surface area contributed by atoms with E-state index in [1.54, 1.807) is 5.56 Å². The smallest absolute Gasteiger partial charge is 0.0152 e. The van der Waals surface area contributed by atoms with Gasteiger partial charge in [-0.25, -0.2) is 0 Å². The molecule has 0 heterocycles. The Morgan fingerprint density at radius 2 is 1.48 bits per heavy atom. The SMILES string of the molecule is CC1C=Cc2cccc(C(C)(C)c3ccc4c(c3)C(C)(C)CCC4(C)C)c2C=C1. The van der Waals surface area contributed by atoms with Crippen molar-refractivity contribution in [3.05, 3.63) is 81.9 Å². The Morgan fingerprint density at radius 3 is 2.21 bits per heavy atom. The van der Waals surface area contributed by atoms with Crippen LogP contribution in [0.3, 0.4) is 0 Å². The number of benzene rings is 2. The lowest BCUT2D eigenvalue weighted by Crippen LogP contribution is -2.34. The summed E-state index contributed by atoms with van der Waals surface area (Å²) < 4.78 is 0. The van der Waals surface area contributed by atoms with Gasteiger partial charge in [-0.2, -0.15) is 0 Å². The molecule has 2 aliphatic rings. The predicted molar refractivity (Wildman–Crippen MR) is 128 cm³/mol. The summed E-state index contributed by atoms with van der Waals surface area (Å²) in [6.07, 6.45) is 11.8. The largest absolute Gasteiger partial charge is 0.0773 e. The normalized spacial score (nSPS) is 22.0. The van der Waals surface area contributed by atoms with Crippen molar-refractivity contribution in [2.24, 2.45) is 5.92 Å². The molecule has 2 aromatic rings. The Kier molecular flexibility index (Phi) is 4.69. The Balaban J connectivity index is 1.87. The average Bonchev–Trinajstić information content (AvgIpc) is 2.87. The highest BCUT2D eigenvalue weighted by Crippen LogP contribution is 2.47. The van der Waals surface area contributed by atoms with Gasteiger partial charge in [-0.1, -0.05) is 109 Å². The molecule has 152 valence electrons. The first-order valence-electron chi connectivity index (χ1n) is 11.2. The van der Waals surface area contributed by atoms with Crippen LogP contribution in [-0.2, 0) is 16.2 Å². The number of allylic oxidation sites excluding steroid dienone is 2. The van der Waals surface area contributed by atoms with E-state index in [2.05, 4.69) is 109 Å². The molecule has 1 atom stereocenters. The van der Waals surface area contributed by atoms with Gasteiger partial charge in [-0.3, -0.25) is 0 Å². The van der Waals surface area contributed by atoms with E-state index in [0.717, 1.165) is 0 Å². The molecule has 0 fully saturated rings. The van der Waals surface area contributed by atoms with Gasteiger partial charge >= 0.3 is 0 Å². The third-order valence-corrected chi connectivity index (χ3v) is 7.53. The van der Waals surface area contributed by atoms with Crippen LogP contribution in [0.1, 0.15) is 94.7 Å². The minimum atomic E-state index is -0.0518. The zero-order valence-corrected chi connectivity index (χ0v) is 19.3. The summed E-state index contributed by atoms with van der Waals surface area (Å²) >= 11 is 0. The highest BCUT2D eigenvalue weighted by Gasteiger charge is 2.38. The molecule has 29 heavy (non-hydrogen) atoms. The van der Waals surface area contributed by atoms with Gasteiger partial charge in [-0.15, -0.1) is 0 Å². The Morgan fingerprint density at radius 1 is 0.828 bits per heavy atom. The van der Waals surface area contributed by atoms with Crippen LogP contribution in [0.2, 0.25) is 0 Å². The summed E-state index contributed by atoms with van der Waals surface area (Å²) in [6.45, 7) is 16.7. The molecule has 0 bridgehead atoms. The van der Waals surface area contributed by atoms with Crippen LogP contribution in [-0.4, -0.2) is 0 Å². The molecule has 0 nitrogen and oxygen atoms in total. The van der Waals surface area contributed by atoms with E-state index in [0.29, 0.717) is 5.92 Å². The predicted octanol–water partition coefficient (Wildman–Crippen LogP) is 8.04. The molecular weight excluding hydrogens is 348 g/mol. The number of hydrogen-bond donors (Lipinski definition) is 0. The molecule has 0 amide bonds. The van der Waals surface area contributed by atoms with Crippen LogP contribution in [0.25, 0.3) is 12.2 Å². The number of hydrogen-bond acceptors (Lipinski definition) is 0. The van der Waals surface area contributed by atoms with Crippen molar-refractivity contribution in [3.8, 4) is 0 Å². The number of fused-ring (bicyclic) bond motifs is 2. The van der Waals surface area contributed by atoms with E-state index in [-0.39, 0.29) is 16.2 Å². The second-order valence-electron chi connectivity index (χ2n) is 11.0. The van der Waals surface area contributed by atoms with Crippen molar-refractivity contribution in [1.29, 1.82) is 0 Å². The van der Waals surface area contributed by atoms with Crippen LogP contribution in [0.5, 0.6) is 0 Å². The fraction of sp³-hybridized carbons (Fsp3) is 0.448. The molecule has 0 saturated heterocycles. The van der Waals surface area contributed by atoms with Crippen molar-refractivity contribution in [3.63, 3.8) is 0 Å². The molecule has 2 aromatic carbocycles. The summed E-state index contributed by atoms with van der Waals surface area (Å²) in [4.78, 5) is 0. The maximum absolute atomic E-state index is 2.52. The van der Waals surface area contributed by atoms with Gasteiger partial charge in [0.05, 0.1) is 0 Å². The van der Waals surface area contributed by atoms with Gasteiger partial charge in [-0.05, 0) is 63.0 Å². The van der Waals surface area contributed by atoms with E-state index >= 15 is 0 Å². The van der Waals surface area contributed by atoms with Crippen molar-refractivity contribution in [2.75, 3.05) is 0 Å². The standard InChI is InChI=1S/C29H36/c1-20-11-13-21-9-8-10-24(23(21)15-12-20)29(6,7)22-14-16-25-26(19-22)28(4,5)18-17-27(25,2)3/h8-16,19-20H,17-18H2,1-7H3. The second kappa shape index (κ2) is 6.73. The monoisotopic (exact) mass is 384 g/mol. The Hall–Kier alpha value is -2.08. The Labute approximate surface area is 177 Å². The van der Waals surface area contributed by atoms with E-state index in [4.69, 9.17) is 0 Å². The second-order valence-corrected chi connectivity index (χ2v) is 11.0. The molecule has 1 unspecified atom stereocenters. The van der Waals surface area contributed by atoms with Gasteiger partial charge in [0.25, 0.3) is 0 Å². The Bertz CT molecular complexity index is 995. The lowest BCUT2D eigenvalue weighted by molar-refractivity contribution is 0.331. The summed E-state index contributed by atoms with van der Waals surface area (Å²) in [5, 5.41) is 0. The molecular formula is C29H36. The topological polar surface area (TPSA) is 0 Å². The van der Waals surface area contributed by atoms with Crippen molar-refractivity contribution >= 4 is 12.2 Å². The minimum Gasteiger partial charge on any atom is -0.0773 e. The fourth-order valence-electron chi connectivity index (χ4n) is 5.16. The van der Waals surface area contributed by atoms with E-state index in [9.17, 15) is 0 Å². The molecule has 0 aromatic heterocycles. The molecule has 0 radical (unpaired) electrons. The van der Waals surface area contributed by atoms with E-state index in [1.807, 2.05) is 0 Å². The lowest BCUT2D eigenvalue weighted by Gasteiger charge is -2.43. The molecule has 0 heteroatoms. The maximum atomic E-state index is 2.52. The summed E-state index contributed by atoms with van der Waals surface area (Å²) in [5.41, 5.74) is 9.07. The fourth-order valence-corrected chi connectivity index (χ4v) is 5.16. The first kappa shape index (κ1) is 20.2. The van der Waals surface area contributed by atoms with Crippen LogP contribution < -0.4 is 0 Å².